The van der Waals surface area contributed by atoms with Crippen molar-refractivity contribution in [2.24, 2.45) is 0 Å². The third-order valence-corrected chi connectivity index (χ3v) is 4.11. The van der Waals surface area contributed by atoms with Crippen LogP contribution in [0.15, 0.2) is 12.5 Å². The Hall–Kier alpha value is -1.35. The molecule has 120 valence electrons. The molecular weight excluding hydrogens is 309 g/mol. The van der Waals surface area contributed by atoms with Crippen molar-refractivity contribution >= 4 is 25.5 Å². The van der Waals surface area contributed by atoms with Crippen LogP contribution in [-0.4, -0.2) is 49.2 Å². The average Bonchev–Trinajstić information content (AvgIpc) is 3.13. The highest BCUT2D eigenvalue weighted by Crippen LogP contribution is 2.32. The van der Waals surface area contributed by atoms with Gasteiger partial charge in [0.15, 0.2) is 5.82 Å². The fourth-order valence-corrected chi connectivity index (χ4v) is 2.91. The van der Waals surface area contributed by atoms with E-state index in [0.29, 0.717) is 5.82 Å². The van der Waals surface area contributed by atoms with Crippen molar-refractivity contribution in [2.75, 3.05) is 18.7 Å². The summed E-state index contributed by atoms with van der Waals surface area (Å²) in [7, 11) is -2.40. The molecule has 0 amide bonds. The molecule has 10 heteroatoms. The van der Waals surface area contributed by atoms with Crippen LogP contribution in [0, 0.1) is 0 Å². The Morgan fingerprint density at radius 2 is 2.23 bits per heavy atom. The summed E-state index contributed by atoms with van der Waals surface area (Å²) in [6, 6.07) is 0.267. The van der Waals surface area contributed by atoms with E-state index in [2.05, 4.69) is 30.1 Å². The van der Waals surface area contributed by atoms with E-state index < -0.39 is 8.60 Å². The second-order valence-corrected chi connectivity index (χ2v) is 5.83. The number of nitrogens with zero attached hydrogens (tertiary/aromatic N) is 2. The summed E-state index contributed by atoms with van der Waals surface area (Å²) in [5, 5.41) is 15.5. The van der Waals surface area contributed by atoms with Gasteiger partial charge in [-0.2, -0.15) is 0 Å². The van der Waals surface area contributed by atoms with E-state index in [1.807, 2.05) is 6.20 Å². The lowest BCUT2D eigenvalue weighted by molar-refractivity contribution is 0.252. The molecule has 6 N–H and O–H groups in total. The molecule has 3 rings (SSSR count). The van der Waals surface area contributed by atoms with Gasteiger partial charge in [-0.3, -0.25) is 4.52 Å². The van der Waals surface area contributed by atoms with E-state index in [1.165, 1.54) is 6.33 Å². The molecule has 9 nitrogen and oxygen atoms in total. The van der Waals surface area contributed by atoms with Crippen molar-refractivity contribution < 1.29 is 19.4 Å². The highest BCUT2D eigenvalue weighted by molar-refractivity contribution is 7.39. The number of aliphatic hydroxyl groups excluding tert-OH is 1. The van der Waals surface area contributed by atoms with Crippen LogP contribution in [0.4, 0.5) is 5.82 Å². The van der Waals surface area contributed by atoms with Gasteiger partial charge in [0, 0.05) is 23.8 Å². The SMILES string of the molecule is OCC1CCC(c2c[nH]c3c(NCOP(O)O)ncnc23)N1. The van der Waals surface area contributed by atoms with Crippen LogP contribution in [0.5, 0.6) is 0 Å². The minimum atomic E-state index is -2.40. The summed E-state index contributed by atoms with van der Waals surface area (Å²) in [6.07, 6.45) is 5.19. The normalized spacial score (nSPS) is 21.8. The molecule has 22 heavy (non-hydrogen) atoms. The first-order valence-electron chi connectivity index (χ1n) is 6.92. The monoisotopic (exact) mass is 327 g/mol. The van der Waals surface area contributed by atoms with Gasteiger partial charge in [0.05, 0.1) is 12.1 Å². The number of fused-ring (bicyclic) bond motifs is 1. The highest BCUT2D eigenvalue weighted by Gasteiger charge is 2.27. The topological polar surface area (TPSA) is 136 Å². The van der Waals surface area contributed by atoms with Gasteiger partial charge in [-0.25, -0.2) is 9.97 Å². The number of H-pyrrole nitrogens is 1. The van der Waals surface area contributed by atoms with E-state index in [9.17, 15) is 5.11 Å². The van der Waals surface area contributed by atoms with Gasteiger partial charge < -0.3 is 30.5 Å². The summed E-state index contributed by atoms with van der Waals surface area (Å²) in [5.41, 5.74) is 2.56. The van der Waals surface area contributed by atoms with Crippen molar-refractivity contribution in [1.29, 1.82) is 0 Å². The zero-order chi connectivity index (χ0) is 15.5. The first kappa shape index (κ1) is 15.5. The molecule has 0 aliphatic carbocycles. The van der Waals surface area contributed by atoms with E-state index in [4.69, 9.17) is 9.79 Å². The minimum Gasteiger partial charge on any atom is -0.395 e. The quantitative estimate of drug-likeness (QED) is 0.330. The van der Waals surface area contributed by atoms with E-state index >= 15 is 0 Å². The molecule has 1 saturated heterocycles. The van der Waals surface area contributed by atoms with Crippen molar-refractivity contribution in [3.05, 3.63) is 18.1 Å². The number of nitrogens with one attached hydrogen (secondary N) is 3. The summed E-state index contributed by atoms with van der Waals surface area (Å²) < 4.78 is 4.68. The second kappa shape index (κ2) is 6.82. The van der Waals surface area contributed by atoms with E-state index in [1.54, 1.807) is 0 Å². The maximum Gasteiger partial charge on any atom is 0.328 e. The largest absolute Gasteiger partial charge is 0.395 e. The van der Waals surface area contributed by atoms with Gasteiger partial charge in [-0.1, -0.05) is 0 Å². The molecule has 2 unspecified atom stereocenters. The smallest absolute Gasteiger partial charge is 0.328 e. The third kappa shape index (κ3) is 3.19. The van der Waals surface area contributed by atoms with Gasteiger partial charge in [0.1, 0.15) is 18.6 Å². The number of rotatable bonds is 6. The molecule has 0 aromatic carbocycles. The molecule has 0 bridgehead atoms. The van der Waals surface area contributed by atoms with Crippen molar-refractivity contribution in [1.82, 2.24) is 20.3 Å². The summed E-state index contributed by atoms with van der Waals surface area (Å²) >= 11 is 0. The van der Waals surface area contributed by atoms with Crippen LogP contribution in [-0.2, 0) is 4.52 Å². The van der Waals surface area contributed by atoms with E-state index in [0.717, 1.165) is 29.4 Å². The Morgan fingerprint density at radius 1 is 1.36 bits per heavy atom. The minimum absolute atomic E-state index is 0.0621. The van der Waals surface area contributed by atoms with Gasteiger partial charge in [-0.05, 0) is 12.8 Å². The van der Waals surface area contributed by atoms with Gasteiger partial charge in [0.2, 0.25) is 0 Å². The standard InChI is InChI=1S/C12H18N5O4P/c18-4-7-1-2-9(17-7)8-3-13-11-10(8)14-5-15-12(11)16-6-21-22(19)20/h3,5,7,9,13,17-20H,1-2,4,6H2,(H,14,15,16). The zero-order valence-corrected chi connectivity index (χ0v) is 12.6. The molecule has 2 aromatic rings. The molecular formula is C12H18N5O4P. The zero-order valence-electron chi connectivity index (χ0n) is 11.7. The average molecular weight is 327 g/mol. The Morgan fingerprint density at radius 3 is 2.95 bits per heavy atom. The van der Waals surface area contributed by atoms with Crippen LogP contribution >= 0.6 is 8.60 Å². The van der Waals surface area contributed by atoms with Gasteiger partial charge in [-0.15, -0.1) is 0 Å². The maximum atomic E-state index is 9.22. The van der Waals surface area contributed by atoms with Crippen molar-refractivity contribution in [2.45, 2.75) is 24.9 Å². The van der Waals surface area contributed by atoms with Gasteiger partial charge >= 0.3 is 8.60 Å². The van der Waals surface area contributed by atoms with Crippen LogP contribution in [0.1, 0.15) is 24.4 Å². The molecule has 2 atom stereocenters. The molecule has 1 aliphatic rings. The lowest BCUT2D eigenvalue weighted by Crippen LogP contribution is -2.27. The predicted octanol–water partition coefficient (Wildman–Crippen LogP) is 0.341. The molecule has 2 aromatic heterocycles. The van der Waals surface area contributed by atoms with E-state index in [-0.39, 0.29) is 25.4 Å². The number of aromatic amines is 1. The summed E-state index contributed by atoms with van der Waals surface area (Å²) in [5.74, 6) is 0.532. The van der Waals surface area contributed by atoms with Crippen LogP contribution in [0.2, 0.25) is 0 Å². The third-order valence-electron chi connectivity index (χ3n) is 3.75. The molecule has 0 saturated carbocycles. The Kier molecular flexibility index (Phi) is 4.82. The fourth-order valence-electron chi connectivity index (χ4n) is 2.73. The highest BCUT2D eigenvalue weighted by atomic mass is 31.2. The number of aliphatic hydroxyl groups is 1. The van der Waals surface area contributed by atoms with Crippen molar-refractivity contribution in [3.8, 4) is 0 Å². The fraction of sp³-hybridized carbons (Fsp3) is 0.500. The number of aromatic nitrogens is 3. The molecule has 1 fully saturated rings. The van der Waals surface area contributed by atoms with Crippen LogP contribution < -0.4 is 10.6 Å². The first-order chi connectivity index (χ1) is 10.7. The number of hydrogen-bond acceptors (Lipinski definition) is 8. The van der Waals surface area contributed by atoms with Crippen molar-refractivity contribution in [3.63, 3.8) is 0 Å². The van der Waals surface area contributed by atoms with Crippen LogP contribution in [0.3, 0.4) is 0 Å². The molecule has 3 heterocycles. The Bertz CT molecular complexity index is 637. The lowest BCUT2D eigenvalue weighted by Gasteiger charge is -2.11. The Labute approximate surface area is 127 Å². The maximum absolute atomic E-state index is 9.22. The number of hydrogen-bond donors (Lipinski definition) is 6. The summed E-state index contributed by atoms with van der Waals surface area (Å²) in [6.45, 7) is 0.0662. The van der Waals surface area contributed by atoms with Gasteiger partial charge in [0.25, 0.3) is 0 Å². The number of anilines is 1. The molecule has 1 aliphatic heterocycles. The van der Waals surface area contributed by atoms with Crippen LogP contribution in [0.25, 0.3) is 11.0 Å². The lowest BCUT2D eigenvalue weighted by atomic mass is 10.1. The first-order valence-corrected chi connectivity index (χ1v) is 8.09. The molecule has 0 spiro atoms. The molecule has 0 radical (unpaired) electrons. The predicted molar refractivity (Wildman–Crippen MR) is 80.8 cm³/mol. The summed E-state index contributed by atoms with van der Waals surface area (Å²) in [4.78, 5) is 29.0. The second-order valence-electron chi connectivity index (χ2n) is 5.07. The Balaban J connectivity index is 1.80.